The van der Waals surface area contributed by atoms with Crippen molar-refractivity contribution >= 4 is 17.3 Å². The van der Waals surface area contributed by atoms with E-state index in [9.17, 15) is 9.90 Å². The average molecular weight is 533 g/mol. The van der Waals surface area contributed by atoms with E-state index >= 15 is 0 Å². The van der Waals surface area contributed by atoms with E-state index in [1.165, 1.54) is 11.1 Å². The molecule has 1 unspecified atom stereocenters. The molecule has 3 aromatic rings. The smallest absolute Gasteiger partial charge is 0.253 e. The van der Waals surface area contributed by atoms with Crippen molar-refractivity contribution in [2.45, 2.75) is 33.0 Å². The van der Waals surface area contributed by atoms with Crippen LogP contribution in [0.4, 0.5) is 11.4 Å². The van der Waals surface area contributed by atoms with E-state index in [0.717, 1.165) is 61.9 Å². The summed E-state index contributed by atoms with van der Waals surface area (Å²) < 4.78 is 10.9. The Bertz CT molecular complexity index is 1240. The molecule has 8 heteroatoms. The fourth-order valence-corrected chi connectivity index (χ4v) is 5.05. The van der Waals surface area contributed by atoms with Gasteiger partial charge in [0.15, 0.2) is 17.7 Å². The van der Waals surface area contributed by atoms with E-state index in [1.54, 1.807) is 20.3 Å². The van der Waals surface area contributed by atoms with Crippen LogP contribution in [0.25, 0.3) is 0 Å². The Labute approximate surface area is 231 Å². The number of hydrogen-bond acceptors (Lipinski definition) is 7. The van der Waals surface area contributed by atoms with Gasteiger partial charge in [0.05, 0.1) is 19.8 Å². The Morgan fingerprint density at radius 1 is 1.00 bits per heavy atom. The predicted molar refractivity (Wildman–Crippen MR) is 156 cm³/mol. The van der Waals surface area contributed by atoms with Gasteiger partial charge in [-0.1, -0.05) is 24.3 Å². The third kappa shape index (κ3) is 6.82. The molecule has 39 heavy (non-hydrogen) atoms. The molecule has 1 heterocycles. The average Bonchev–Trinajstić information content (AvgIpc) is 2.97. The van der Waals surface area contributed by atoms with Crippen LogP contribution in [0.15, 0.2) is 60.7 Å². The zero-order chi connectivity index (χ0) is 27.8. The van der Waals surface area contributed by atoms with Crippen molar-refractivity contribution in [2.75, 3.05) is 57.2 Å². The van der Waals surface area contributed by atoms with Crippen LogP contribution in [0.2, 0.25) is 0 Å². The van der Waals surface area contributed by atoms with Crippen molar-refractivity contribution in [2.24, 2.45) is 0 Å². The zero-order valence-electron chi connectivity index (χ0n) is 23.4. The quantitative estimate of drug-likeness (QED) is 0.297. The number of para-hydroxylation sites is 1. The lowest BCUT2D eigenvalue weighted by molar-refractivity contribution is 0.0948. The van der Waals surface area contributed by atoms with Gasteiger partial charge in [0.1, 0.15) is 0 Å². The maximum atomic E-state index is 13.1. The van der Waals surface area contributed by atoms with Crippen LogP contribution in [0.5, 0.6) is 11.5 Å². The van der Waals surface area contributed by atoms with Crippen molar-refractivity contribution in [1.82, 2.24) is 10.2 Å². The highest BCUT2D eigenvalue weighted by atomic mass is 16.5. The van der Waals surface area contributed by atoms with Gasteiger partial charge in [-0.2, -0.15) is 0 Å². The Hall–Kier alpha value is -3.75. The van der Waals surface area contributed by atoms with Crippen molar-refractivity contribution in [3.63, 3.8) is 0 Å². The molecule has 1 aliphatic heterocycles. The highest BCUT2D eigenvalue weighted by Gasteiger charge is 2.20. The molecule has 208 valence electrons. The van der Waals surface area contributed by atoms with E-state index in [-0.39, 0.29) is 5.91 Å². The number of rotatable bonds is 12. The summed E-state index contributed by atoms with van der Waals surface area (Å²) in [6.45, 7) is 9.05. The summed E-state index contributed by atoms with van der Waals surface area (Å²) in [5.74, 6) is 1.31. The van der Waals surface area contributed by atoms with Crippen LogP contribution in [0, 0.1) is 0 Å². The molecule has 0 saturated carbocycles. The summed E-state index contributed by atoms with van der Waals surface area (Å²) in [5, 5.41) is 17.0. The van der Waals surface area contributed by atoms with E-state index < -0.39 is 6.23 Å². The maximum absolute atomic E-state index is 13.1. The first kappa shape index (κ1) is 28.3. The number of aliphatic hydroxyl groups is 1. The number of aliphatic hydroxyl groups excluding tert-OH is 1. The lowest BCUT2D eigenvalue weighted by atomic mass is 9.99. The minimum Gasteiger partial charge on any atom is -0.493 e. The monoisotopic (exact) mass is 532 g/mol. The standard InChI is InChI=1S/C31H40N4O4/c1-5-35(6-2)25-13-11-22(12-14-25)30(36)33-27-10-8-7-9-26(27)31(37)32-16-18-34-17-15-23-19-28(38-3)29(39-4)20-24(23)21-34/h7-14,19-20,30,33,36H,5-6,15-18,21H2,1-4H3,(H,32,37). The van der Waals surface area contributed by atoms with Gasteiger partial charge in [-0.25, -0.2) is 0 Å². The molecular formula is C31H40N4O4. The number of nitrogens with zero attached hydrogens (tertiary/aromatic N) is 2. The fraction of sp³-hybridized carbons (Fsp3) is 0.387. The van der Waals surface area contributed by atoms with Gasteiger partial charge in [0.2, 0.25) is 0 Å². The van der Waals surface area contributed by atoms with Gasteiger partial charge in [0, 0.05) is 56.2 Å². The second-order valence-electron chi connectivity index (χ2n) is 9.61. The Kier molecular flexibility index (Phi) is 9.68. The number of hydrogen-bond donors (Lipinski definition) is 3. The van der Waals surface area contributed by atoms with Gasteiger partial charge < -0.3 is 30.1 Å². The van der Waals surface area contributed by atoms with Crippen molar-refractivity contribution in [3.8, 4) is 11.5 Å². The first-order valence-electron chi connectivity index (χ1n) is 13.6. The van der Waals surface area contributed by atoms with Crippen LogP contribution in [-0.2, 0) is 13.0 Å². The molecule has 1 aliphatic rings. The maximum Gasteiger partial charge on any atom is 0.253 e. The molecular weight excluding hydrogens is 492 g/mol. The van der Waals surface area contributed by atoms with Crippen LogP contribution in [-0.4, -0.2) is 62.9 Å². The molecule has 3 aromatic carbocycles. The molecule has 0 fully saturated rings. The molecule has 0 saturated heterocycles. The van der Waals surface area contributed by atoms with E-state index in [0.29, 0.717) is 17.8 Å². The lowest BCUT2D eigenvalue weighted by Crippen LogP contribution is -2.38. The van der Waals surface area contributed by atoms with Crippen LogP contribution >= 0.6 is 0 Å². The zero-order valence-corrected chi connectivity index (χ0v) is 23.4. The van der Waals surface area contributed by atoms with E-state index in [4.69, 9.17) is 9.47 Å². The number of benzene rings is 3. The number of methoxy groups -OCH3 is 2. The highest BCUT2D eigenvalue weighted by molar-refractivity contribution is 5.99. The second kappa shape index (κ2) is 13.4. The number of fused-ring (bicyclic) bond motifs is 1. The van der Waals surface area contributed by atoms with Crippen LogP contribution in [0.1, 0.15) is 47.1 Å². The van der Waals surface area contributed by atoms with Gasteiger partial charge in [-0.05, 0) is 67.8 Å². The largest absolute Gasteiger partial charge is 0.493 e. The van der Waals surface area contributed by atoms with Crippen molar-refractivity contribution in [1.29, 1.82) is 0 Å². The molecule has 1 amide bonds. The van der Waals surface area contributed by atoms with Crippen LogP contribution < -0.4 is 25.0 Å². The van der Waals surface area contributed by atoms with E-state index in [1.807, 2.05) is 48.5 Å². The van der Waals surface area contributed by atoms with Crippen LogP contribution in [0.3, 0.4) is 0 Å². The topological polar surface area (TPSA) is 86.3 Å². The third-order valence-corrected chi connectivity index (χ3v) is 7.31. The lowest BCUT2D eigenvalue weighted by Gasteiger charge is -2.29. The summed E-state index contributed by atoms with van der Waals surface area (Å²) in [5.41, 5.74) is 5.43. The molecule has 1 atom stereocenters. The number of nitrogens with one attached hydrogen (secondary N) is 2. The number of anilines is 2. The summed E-state index contributed by atoms with van der Waals surface area (Å²) in [6, 6.07) is 19.2. The normalized spacial score (nSPS) is 13.8. The third-order valence-electron chi connectivity index (χ3n) is 7.31. The Morgan fingerprint density at radius 3 is 2.33 bits per heavy atom. The number of carbonyl (C=O) groups is 1. The molecule has 8 nitrogen and oxygen atoms in total. The van der Waals surface area contributed by atoms with Crippen molar-refractivity contribution in [3.05, 3.63) is 82.9 Å². The second-order valence-corrected chi connectivity index (χ2v) is 9.61. The summed E-state index contributed by atoms with van der Waals surface area (Å²) in [7, 11) is 3.30. The molecule has 0 aliphatic carbocycles. The molecule has 3 N–H and O–H groups in total. The number of amides is 1. The SMILES string of the molecule is CCN(CC)c1ccc(C(O)Nc2ccccc2C(=O)NCCN2CCc3cc(OC)c(OC)cc3C2)cc1. The predicted octanol–water partition coefficient (Wildman–Crippen LogP) is 4.44. The fourth-order valence-electron chi connectivity index (χ4n) is 5.05. The minimum absolute atomic E-state index is 0.175. The molecule has 0 spiro atoms. The Morgan fingerprint density at radius 2 is 1.67 bits per heavy atom. The summed E-state index contributed by atoms with van der Waals surface area (Å²) in [6.07, 6.45) is -0.0155. The van der Waals surface area contributed by atoms with Gasteiger partial charge >= 0.3 is 0 Å². The Balaban J connectivity index is 1.33. The van der Waals surface area contributed by atoms with E-state index in [2.05, 4.69) is 40.3 Å². The van der Waals surface area contributed by atoms with Gasteiger partial charge in [-0.15, -0.1) is 0 Å². The molecule has 0 bridgehead atoms. The molecule has 4 rings (SSSR count). The highest BCUT2D eigenvalue weighted by Crippen LogP contribution is 2.33. The molecule has 0 aromatic heterocycles. The number of carbonyl (C=O) groups excluding carboxylic acids is 1. The first-order valence-corrected chi connectivity index (χ1v) is 13.6. The van der Waals surface area contributed by atoms with Gasteiger partial charge in [0.25, 0.3) is 5.91 Å². The summed E-state index contributed by atoms with van der Waals surface area (Å²) >= 11 is 0. The summed E-state index contributed by atoms with van der Waals surface area (Å²) in [4.78, 5) is 17.6. The molecule has 0 radical (unpaired) electrons. The number of ether oxygens (including phenoxy) is 2. The van der Waals surface area contributed by atoms with Gasteiger partial charge in [-0.3, -0.25) is 9.69 Å². The minimum atomic E-state index is -0.936. The first-order chi connectivity index (χ1) is 19.0. The van der Waals surface area contributed by atoms with Crippen molar-refractivity contribution < 1.29 is 19.4 Å².